The normalized spacial score (nSPS) is 10.1. The van der Waals surface area contributed by atoms with Crippen LogP contribution < -0.4 is 19.7 Å². The van der Waals surface area contributed by atoms with Gasteiger partial charge in [0.25, 0.3) is 0 Å². The second kappa shape index (κ2) is 14.7. The molecule has 2 heterocycles. The summed E-state index contributed by atoms with van der Waals surface area (Å²) in [6.07, 6.45) is 7.45. The molecule has 0 spiro atoms. The topological polar surface area (TPSA) is 59.5 Å². The summed E-state index contributed by atoms with van der Waals surface area (Å²) in [5.74, 6) is 1.75. The maximum absolute atomic E-state index is 5.19. The van der Waals surface area contributed by atoms with Crippen LogP contribution in [-0.4, -0.2) is 38.3 Å². The van der Waals surface area contributed by atoms with Crippen molar-refractivity contribution in [2.45, 2.75) is 0 Å². The van der Waals surface area contributed by atoms with E-state index >= 15 is 0 Å². The van der Waals surface area contributed by atoms with Gasteiger partial charge in [-0.25, -0.2) is 0 Å². The van der Waals surface area contributed by atoms with E-state index in [-0.39, 0.29) is 0 Å². The minimum atomic E-state index is 0.859. The Labute approximate surface area is 249 Å². The van der Waals surface area contributed by atoms with Crippen molar-refractivity contribution in [3.05, 3.63) is 126 Å². The number of rotatable bonds is 5. The Kier molecular flexibility index (Phi) is 10.5. The van der Waals surface area contributed by atoms with Gasteiger partial charge in [-0.2, -0.15) is 0 Å². The number of pyridine rings is 2. The molecule has 0 bridgehead atoms. The molecule has 41 heavy (non-hydrogen) atoms. The Hall–Kier alpha value is -4.62. The Bertz CT molecular complexity index is 1640. The molecule has 0 saturated heterocycles. The molecule has 0 radical (unpaired) electrons. The van der Waals surface area contributed by atoms with Crippen LogP contribution in [0, 0.1) is 0 Å². The van der Waals surface area contributed by atoms with Gasteiger partial charge >= 0.3 is 0 Å². The fourth-order valence-electron chi connectivity index (χ4n) is 4.15. The molecule has 0 unspecified atom stereocenters. The molecular formula is C34H33BrN4O2. The predicted molar refractivity (Wildman–Crippen MR) is 175 cm³/mol. The van der Waals surface area contributed by atoms with Crippen molar-refractivity contribution in [1.82, 2.24) is 9.97 Å². The van der Waals surface area contributed by atoms with E-state index in [2.05, 4.69) is 54.3 Å². The molecule has 4 aromatic carbocycles. The van der Waals surface area contributed by atoms with Crippen LogP contribution in [0.5, 0.6) is 11.5 Å². The molecule has 6 aromatic rings. The molecule has 0 atom stereocenters. The number of ether oxygens (including phenoxy) is 2. The maximum Gasteiger partial charge on any atom is 0.119 e. The zero-order chi connectivity index (χ0) is 29.0. The van der Waals surface area contributed by atoms with Gasteiger partial charge in [0.1, 0.15) is 11.5 Å². The molecule has 0 fully saturated rings. The van der Waals surface area contributed by atoms with Gasteiger partial charge in [0.05, 0.1) is 26.1 Å². The Balaban J connectivity index is 0.000000156. The molecule has 0 amide bonds. The van der Waals surface area contributed by atoms with Gasteiger partial charge in [0, 0.05) is 64.7 Å². The van der Waals surface area contributed by atoms with Crippen molar-refractivity contribution < 1.29 is 9.47 Å². The highest BCUT2D eigenvalue weighted by Crippen LogP contribution is 2.30. The number of nitrogens with one attached hydrogen (secondary N) is 1. The van der Waals surface area contributed by atoms with Crippen LogP contribution in [0.25, 0.3) is 21.5 Å². The Morgan fingerprint density at radius 1 is 0.634 bits per heavy atom. The smallest absolute Gasteiger partial charge is 0.119 e. The number of hydrogen-bond donors (Lipinski definition) is 1. The Morgan fingerprint density at radius 2 is 1.15 bits per heavy atom. The summed E-state index contributed by atoms with van der Waals surface area (Å²) >= 11 is 3.43. The first-order chi connectivity index (χ1) is 20.0. The second-order valence-electron chi connectivity index (χ2n) is 8.96. The SMILES string of the molecule is Brc1cncc2ccccc12.CNc1ccc(OC)cc1.COc1ccc(N(C)c2cncc3ccccc23)cc1. The molecule has 2 aromatic heterocycles. The summed E-state index contributed by atoms with van der Waals surface area (Å²) in [5.41, 5.74) is 3.29. The van der Waals surface area contributed by atoms with Crippen LogP contribution in [-0.2, 0) is 0 Å². The van der Waals surface area contributed by atoms with Crippen LogP contribution in [0.4, 0.5) is 17.1 Å². The Morgan fingerprint density at radius 3 is 1.71 bits per heavy atom. The maximum atomic E-state index is 5.19. The number of anilines is 3. The minimum Gasteiger partial charge on any atom is -0.497 e. The van der Waals surface area contributed by atoms with Crippen molar-refractivity contribution in [2.24, 2.45) is 0 Å². The van der Waals surface area contributed by atoms with Crippen molar-refractivity contribution >= 4 is 54.5 Å². The lowest BCUT2D eigenvalue weighted by molar-refractivity contribution is 0.415. The highest BCUT2D eigenvalue weighted by molar-refractivity contribution is 9.10. The van der Waals surface area contributed by atoms with Crippen LogP contribution in [0.3, 0.4) is 0 Å². The molecule has 0 aliphatic rings. The van der Waals surface area contributed by atoms with Crippen molar-refractivity contribution in [2.75, 3.05) is 38.5 Å². The average molecular weight is 610 g/mol. The molecule has 0 aliphatic heterocycles. The van der Waals surface area contributed by atoms with E-state index in [1.165, 1.54) is 16.2 Å². The number of halogens is 1. The number of methoxy groups -OCH3 is 2. The zero-order valence-corrected chi connectivity index (χ0v) is 25.2. The standard InChI is InChI=1S/C17H16N2O.C9H6BrN.C8H11NO/c1-19(14-7-9-15(20-2)10-8-14)17-12-18-11-13-5-3-4-6-16(13)17;10-9-6-11-5-7-3-1-2-4-8(7)9;1-9-7-3-5-8(10-2)6-4-7/h3-12H,1-2H3;1-6H;3-6,9H,1-2H3. The van der Waals surface area contributed by atoms with Crippen LogP contribution in [0.2, 0.25) is 0 Å². The fourth-order valence-corrected chi connectivity index (χ4v) is 4.63. The summed E-state index contributed by atoms with van der Waals surface area (Å²) < 4.78 is 11.2. The number of aromatic nitrogens is 2. The van der Waals surface area contributed by atoms with Gasteiger partial charge in [0.2, 0.25) is 0 Å². The summed E-state index contributed by atoms with van der Waals surface area (Å²) in [4.78, 5) is 10.5. The van der Waals surface area contributed by atoms with Gasteiger partial charge in [0.15, 0.2) is 0 Å². The van der Waals surface area contributed by atoms with Gasteiger partial charge in [-0.15, -0.1) is 0 Å². The summed E-state index contributed by atoms with van der Waals surface area (Å²) in [7, 11) is 7.27. The number of nitrogens with zero attached hydrogens (tertiary/aromatic N) is 3. The first-order valence-corrected chi connectivity index (χ1v) is 13.8. The minimum absolute atomic E-state index is 0.859. The predicted octanol–water partition coefficient (Wildman–Crippen LogP) is 8.75. The number of fused-ring (bicyclic) bond motifs is 2. The first-order valence-electron chi connectivity index (χ1n) is 13.0. The quantitative estimate of drug-likeness (QED) is 0.211. The van der Waals surface area contributed by atoms with E-state index < -0.39 is 0 Å². The third kappa shape index (κ3) is 7.74. The van der Waals surface area contributed by atoms with Crippen LogP contribution in [0.15, 0.2) is 126 Å². The van der Waals surface area contributed by atoms with Crippen molar-refractivity contribution in [3.8, 4) is 11.5 Å². The summed E-state index contributed by atoms with van der Waals surface area (Å²) in [5, 5.41) is 7.74. The first kappa shape index (κ1) is 29.4. The van der Waals surface area contributed by atoms with E-state index in [1.807, 2.05) is 118 Å². The molecule has 0 aliphatic carbocycles. The molecule has 1 N–H and O–H groups in total. The third-order valence-electron chi connectivity index (χ3n) is 6.47. The van der Waals surface area contributed by atoms with Crippen molar-refractivity contribution in [1.29, 1.82) is 0 Å². The van der Waals surface area contributed by atoms with Gasteiger partial charge in [-0.1, -0.05) is 48.5 Å². The lowest BCUT2D eigenvalue weighted by atomic mass is 10.1. The van der Waals surface area contributed by atoms with Gasteiger partial charge in [-0.05, 0) is 69.8 Å². The largest absolute Gasteiger partial charge is 0.497 e. The zero-order valence-electron chi connectivity index (χ0n) is 23.6. The van der Waals surface area contributed by atoms with Crippen LogP contribution in [0.1, 0.15) is 0 Å². The molecule has 0 saturated carbocycles. The van der Waals surface area contributed by atoms with E-state index in [0.29, 0.717) is 0 Å². The van der Waals surface area contributed by atoms with Gasteiger partial charge in [-0.3, -0.25) is 9.97 Å². The summed E-state index contributed by atoms with van der Waals surface area (Å²) in [6, 6.07) is 32.2. The fraction of sp³-hybridized carbons (Fsp3) is 0.118. The third-order valence-corrected chi connectivity index (χ3v) is 7.10. The average Bonchev–Trinajstić information content (AvgIpc) is 3.05. The summed E-state index contributed by atoms with van der Waals surface area (Å²) in [6.45, 7) is 0. The van der Waals surface area contributed by atoms with E-state index in [9.17, 15) is 0 Å². The number of hydrogen-bond acceptors (Lipinski definition) is 6. The van der Waals surface area contributed by atoms with E-state index in [4.69, 9.17) is 9.47 Å². The second-order valence-corrected chi connectivity index (χ2v) is 9.81. The molecule has 6 rings (SSSR count). The monoisotopic (exact) mass is 608 g/mol. The highest BCUT2D eigenvalue weighted by Gasteiger charge is 2.08. The molecular weight excluding hydrogens is 576 g/mol. The molecule has 6 nitrogen and oxygen atoms in total. The lowest BCUT2D eigenvalue weighted by Crippen LogP contribution is -2.10. The molecule has 7 heteroatoms. The van der Waals surface area contributed by atoms with Crippen molar-refractivity contribution in [3.63, 3.8) is 0 Å². The molecule has 208 valence electrons. The lowest BCUT2D eigenvalue weighted by Gasteiger charge is -2.21. The van der Waals surface area contributed by atoms with Gasteiger partial charge < -0.3 is 19.7 Å². The van der Waals surface area contributed by atoms with E-state index in [0.717, 1.165) is 38.4 Å². The number of benzene rings is 4. The van der Waals surface area contributed by atoms with Crippen LogP contribution >= 0.6 is 15.9 Å². The highest BCUT2D eigenvalue weighted by atomic mass is 79.9. The van der Waals surface area contributed by atoms with E-state index in [1.54, 1.807) is 14.2 Å².